The highest BCUT2D eigenvalue weighted by Crippen LogP contribution is 2.26. The van der Waals surface area contributed by atoms with E-state index >= 15 is 0 Å². The second kappa shape index (κ2) is 9.10. The number of rotatable bonds is 7. The largest absolute Gasteiger partial charge is 0.465 e. The minimum atomic E-state index is -0.479. The molecule has 10 heteroatoms. The first-order chi connectivity index (χ1) is 13.9. The Morgan fingerprint density at radius 3 is 2.59 bits per heavy atom. The minimum Gasteiger partial charge on any atom is -0.465 e. The molecule has 0 spiro atoms. The average molecular weight is 432 g/mol. The number of aromatic nitrogens is 3. The summed E-state index contributed by atoms with van der Waals surface area (Å²) in [6.45, 7) is 0. The summed E-state index contributed by atoms with van der Waals surface area (Å²) in [5.74, 6) is 0.156. The summed E-state index contributed by atoms with van der Waals surface area (Å²) in [5.41, 5.74) is 2.39. The number of nitrogens with zero attached hydrogens (tertiary/aromatic N) is 4. The van der Waals surface area contributed by atoms with Crippen LogP contribution in [0.1, 0.15) is 10.4 Å². The van der Waals surface area contributed by atoms with Crippen LogP contribution < -0.4 is 10.2 Å². The molecule has 0 fully saturated rings. The molecule has 1 amide bonds. The maximum atomic E-state index is 12.3. The van der Waals surface area contributed by atoms with Crippen LogP contribution in [0.2, 0.25) is 0 Å². The maximum Gasteiger partial charge on any atom is 0.340 e. The molecule has 152 valence electrons. The molecule has 0 bridgehead atoms. The third-order valence-corrected chi connectivity index (χ3v) is 5.98. The van der Waals surface area contributed by atoms with Crippen LogP contribution >= 0.6 is 23.1 Å². The first kappa shape index (κ1) is 20.9. The van der Waals surface area contributed by atoms with Gasteiger partial charge >= 0.3 is 5.97 Å². The zero-order valence-electron chi connectivity index (χ0n) is 16.5. The molecule has 8 nitrogen and oxygen atoms in total. The predicted molar refractivity (Wildman–Crippen MR) is 116 cm³/mol. The lowest BCUT2D eigenvalue weighted by atomic mass is 10.2. The first-order valence-corrected chi connectivity index (χ1v) is 10.5. The van der Waals surface area contributed by atoms with Crippen molar-refractivity contribution in [1.82, 2.24) is 14.8 Å². The van der Waals surface area contributed by atoms with Gasteiger partial charge in [-0.2, -0.15) is 0 Å². The zero-order valence-corrected chi connectivity index (χ0v) is 18.1. The van der Waals surface area contributed by atoms with Crippen molar-refractivity contribution in [2.24, 2.45) is 7.05 Å². The third-order valence-electron chi connectivity index (χ3n) is 4.13. The van der Waals surface area contributed by atoms with E-state index < -0.39 is 5.97 Å². The van der Waals surface area contributed by atoms with E-state index in [2.05, 4.69) is 15.5 Å². The Balaban J connectivity index is 1.64. The molecular formula is C19H21N5O3S2. The summed E-state index contributed by atoms with van der Waals surface area (Å²) in [4.78, 5) is 26.0. The van der Waals surface area contributed by atoms with Gasteiger partial charge in [0.25, 0.3) is 0 Å². The summed E-state index contributed by atoms with van der Waals surface area (Å²) in [7, 11) is 7.15. The van der Waals surface area contributed by atoms with E-state index in [0.717, 1.165) is 17.1 Å². The minimum absolute atomic E-state index is 0.143. The van der Waals surface area contributed by atoms with Crippen LogP contribution in [0, 0.1) is 0 Å². The Morgan fingerprint density at radius 1 is 1.21 bits per heavy atom. The number of ether oxygens (including phenoxy) is 1. The molecular weight excluding hydrogens is 410 g/mol. The Bertz CT molecular complexity index is 1010. The highest BCUT2D eigenvalue weighted by atomic mass is 32.2. The SMILES string of the molecule is COC(=O)c1ccsc1NC(=O)CSc1nnc(-c2ccc(N(C)C)cc2)n1C. The van der Waals surface area contributed by atoms with Gasteiger partial charge in [0.1, 0.15) is 5.00 Å². The summed E-state index contributed by atoms with van der Waals surface area (Å²) in [6, 6.07) is 9.64. The number of thiophene rings is 1. The molecule has 2 aromatic heterocycles. The van der Waals surface area contributed by atoms with Crippen LogP contribution in [0.5, 0.6) is 0 Å². The highest BCUT2D eigenvalue weighted by molar-refractivity contribution is 7.99. The fourth-order valence-corrected chi connectivity index (χ4v) is 4.07. The number of anilines is 2. The third kappa shape index (κ3) is 4.77. The molecule has 0 radical (unpaired) electrons. The van der Waals surface area contributed by atoms with Gasteiger partial charge in [-0.15, -0.1) is 21.5 Å². The quantitative estimate of drug-likeness (QED) is 0.454. The van der Waals surface area contributed by atoms with E-state index in [1.807, 2.05) is 54.9 Å². The van der Waals surface area contributed by atoms with Crippen LogP contribution in [0.3, 0.4) is 0 Å². The molecule has 1 N–H and O–H groups in total. The van der Waals surface area contributed by atoms with Crippen molar-refractivity contribution in [2.75, 3.05) is 37.2 Å². The smallest absolute Gasteiger partial charge is 0.340 e. The zero-order chi connectivity index (χ0) is 21.0. The van der Waals surface area contributed by atoms with Crippen molar-refractivity contribution in [1.29, 1.82) is 0 Å². The van der Waals surface area contributed by atoms with Gasteiger partial charge in [-0.05, 0) is 35.7 Å². The summed E-state index contributed by atoms with van der Waals surface area (Å²) in [5, 5.41) is 14.0. The second-order valence-corrected chi connectivity index (χ2v) is 8.16. The molecule has 3 rings (SSSR count). The number of hydrogen-bond acceptors (Lipinski definition) is 8. The van der Waals surface area contributed by atoms with Crippen molar-refractivity contribution in [3.63, 3.8) is 0 Å². The van der Waals surface area contributed by atoms with E-state index in [1.54, 1.807) is 11.4 Å². The predicted octanol–water partition coefficient (Wildman–Crippen LogP) is 3.13. The normalized spacial score (nSPS) is 10.6. The van der Waals surface area contributed by atoms with E-state index in [9.17, 15) is 9.59 Å². The fourth-order valence-electron chi connectivity index (χ4n) is 2.57. The van der Waals surface area contributed by atoms with Gasteiger partial charge in [-0.3, -0.25) is 4.79 Å². The average Bonchev–Trinajstić information content (AvgIpc) is 3.32. The highest BCUT2D eigenvalue weighted by Gasteiger charge is 2.17. The topological polar surface area (TPSA) is 89.3 Å². The maximum absolute atomic E-state index is 12.3. The van der Waals surface area contributed by atoms with Gasteiger partial charge in [-0.1, -0.05) is 11.8 Å². The van der Waals surface area contributed by atoms with Crippen LogP contribution in [-0.4, -0.2) is 53.6 Å². The molecule has 2 heterocycles. The summed E-state index contributed by atoms with van der Waals surface area (Å²) < 4.78 is 6.57. The van der Waals surface area contributed by atoms with E-state index in [-0.39, 0.29) is 11.7 Å². The van der Waals surface area contributed by atoms with E-state index in [1.165, 1.54) is 30.2 Å². The Kier molecular flexibility index (Phi) is 6.55. The van der Waals surface area contributed by atoms with E-state index in [4.69, 9.17) is 4.74 Å². The number of esters is 1. The van der Waals surface area contributed by atoms with Gasteiger partial charge in [0.2, 0.25) is 5.91 Å². The number of hydrogen-bond donors (Lipinski definition) is 1. The lowest BCUT2D eigenvalue weighted by Crippen LogP contribution is -2.16. The van der Waals surface area contributed by atoms with Gasteiger partial charge in [0.15, 0.2) is 11.0 Å². The number of nitrogens with one attached hydrogen (secondary N) is 1. The number of thioether (sulfide) groups is 1. The molecule has 29 heavy (non-hydrogen) atoms. The monoisotopic (exact) mass is 431 g/mol. The molecule has 0 unspecified atom stereocenters. The molecule has 0 aliphatic carbocycles. The molecule has 0 atom stereocenters. The van der Waals surface area contributed by atoms with Gasteiger partial charge in [0.05, 0.1) is 18.4 Å². The van der Waals surface area contributed by atoms with Crippen molar-refractivity contribution in [2.45, 2.75) is 5.16 Å². The van der Waals surface area contributed by atoms with Crippen molar-refractivity contribution in [3.05, 3.63) is 41.3 Å². The van der Waals surface area contributed by atoms with Gasteiger partial charge < -0.3 is 19.5 Å². The Hall–Kier alpha value is -2.85. The van der Waals surface area contributed by atoms with Crippen molar-refractivity contribution < 1.29 is 14.3 Å². The number of carbonyl (C=O) groups is 2. The molecule has 0 aliphatic heterocycles. The summed E-state index contributed by atoms with van der Waals surface area (Å²) >= 11 is 2.55. The Morgan fingerprint density at radius 2 is 1.93 bits per heavy atom. The number of carbonyl (C=O) groups excluding carboxylic acids is 2. The summed E-state index contributed by atoms with van der Waals surface area (Å²) in [6.07, 6.45) is 0. The number of benzene rings is 1. The van der Waals surface area contributed by atoms with Crippen LogP contribution in [0.15, 0.2) is 40.9 Å². The fraction of sp³-hybridized carbons (Fsp3) is 0.263. The lowest BCUT2D eigenvalue weighted by Gasteiger charge is -2.12. The van der Waals surface area contributed by atoms with Crippen molar-refractivity contribution >= 4 is 45.7 Å². The van der Waals surface area contributed by atoms with E-state index in [0.29, 0.717) is 15.7 Å². The second-order valence-electron chi connectivity index (χ2n) is 6.30. The molecule has 0 saturated carbocycles. The van der Waals surface area contributed by atoms with Gasteiger partial charge in [-0.25, -0.2) is 4.79 Å². The molecule has 0 aliphatic rings. The van der Waals surface area contributed by atoms with Crippen molar-refractivity contribution in [3.8, 4) is 11.4 Å². The molecule has 1 aromatic carbocycles. The molecule has 0 saturated heterocycles. The lowest BCUT2D eigenvalue weighted by molar-refractivity contribution is -0.113. The first-order valence-electron chi connectivity index (χ1n) is 8.66. The van der Waals surface area contributed by atoms with Crippen LogP contribution in [-0.2, 0) is 16.6 Å². The van der Waals surface area contributed by atoms with Crippen LogP contribution in [0.4, 0.5) is 10.7 Å². The molecule has 3 aromatic rings. The number of methoxy groups -OCH3 is 1. The van der Waals surface area contributed by atoms with Gasteiger partial charge in [0, 0.05) is 32.4 Å². The standard InChI is InChI=1S/C19H21N5O3S2/c1-23(2)13-7-5-12(6-8-13)16-21-22-19(24(16)3)29-11-15(25)20-17-14(9-10-28-17)18(26)27-4/h5-10H,11H2,1-4H3,(H,20,25). The van der Waals surface area contributed by atoms with Crippen LogP contribution in [0.25, 0.3) is 11.4 Å². The Labute approximate surface area is 176 Å². The number of amides is 1.